The summed E-state index contributed by atoms with van der Waals surface area (Å²) in [6.45, 7) is 7.59. The molecular weight excluding hydrogens is 330 g/mol. The van der Waals surface area contributed by atoms with Crippen molar-refractivity contribution in [1.29, 1.82) is 0 Å². The number of hydrogen-bond donors (Lipinski definition) is 1. The molecule has 2 atom stereocenters. The fraction of sp³-hybridized carbons (Fsp3) is 0.632. The molecule has 1 aliphatic heterocycles. The molecule has 2 aromatic rings. The Bertz CT molecular complexity index is 829. The van der Waals surface area contributed by atoms with Crippen LogP contribution in [0.1, 0.15) is 36.6 Å². The van der Waals surface area contributed by atoms with Gasteiger partial charge in [0.1, 0.15) is 0 Å². The van der Waals surface area contributed by atoms with Crippen molar-refractivity contribution in [3.63, 3.8) is 0 Å². The van der Waals surface area contributed by atoms with Crippen LogP contribution in [-0.2, 0) is 18.3 Å². The molecule has 3 heterocycles. The van der Waals surface area contributed by atoms with E-state index in [1.165, 1.54) is 0 Å². The van der Waals surface area contributed by atoms with Gasteiger partial charge in [-0.15, -0.1) is 5.10 Å². The minimum atomic E-state index is 0.200. The molecule has 2 unspecified atom stereocenters. The van der Waals surface area contributed by atoms with Gasteiger partial charge in [0.05, 0.1) is 12.5 Å². The molecular formula is C19H29N5O2. The van der Waals surface area contributed by atoms with Gasteiger partial charge in [-0.1, -0.05) is 0 Å². The predicted octanol–water partition coefficient (Wildman–Crippen LogP) is 1.72. The molecule has 0 radical (unpaired) electrons. The third-order valence-corrected chi connectivity index (χ3v) is 5.62. The van der Waals surface area contributed by atoms with Crippen LogP contribution in [0.5, 0.6) is 5.88 Å². The summed E-state index contributed by atoms with van der Waals surface area (Å²) in [5, 5.41) is 5.31. The number of aryl methyl sites for hydroxylation is 3. The SMILES string of the molecule is COc1nn(C)c2nc(C)c(CCC(=O)N3CC(CN)CC3C)c(C)c12. The first-order valence-corrected chi connectivity index (χ1v) is 9.23. The van der Waals surface area contributed by atoms with Crippen molar-refractivity contribution in [3.8, 4) is 5.88 Å². The highest BCUT2D eigenvalue weighted by atomic mass is 16.5. The van der Waals surface area contributed by atoms with Crippen molar-refractivity contribution in [2.24, 2.45) is 18.7 Å². The second-order valence-corrected chi connectivity index (χ2v) is 7.36. The third kappa shape index (κ3) is 3.16. The number of nitrogens with zero attached hydrogens (tertiary/aromatic N) is 4. The molecule has 2 N–H and O–H groups in total. The Hall–Kier alpha value is -2.15. The number of nitrogens with two attached hydrogens (primary N) is 1. The summed E-state index contributed by atoms with van der Waals surface area (Å²) in [5.41, 5.74) is 9.74. The second-order valence-electron chi connectivity index (χ2n) is 7.36. The van der Waals surface area contributed by atoms with E-state index in [0.717, 1.165) is 40.8 Å². The number of aromatic nitrogens is 3. The van der Waals surface area contributed by atoms with Gasteiger partial charge in [0.2, 0.25) is 11.8 Å². The van der Waals surface area contributed by atoms with Gasteiger partial charge in [-0.05, 0) is 57.2 Å². The van der Waals surface area contributed by atoms with Crippen molar-refractivity contribution in [2.45, 2.75) is 46.1 Å². The Morgan fingerprint density at radius 2 is 2.12 bits per heavy atom. The average Bonchev–Trinajstić information content (AvgIpc) is 3.14. The molecule has 0 aliphatic carbocycles. The molecule has 7 nitrogen and oxygen atoms in total. The van der Waals surface area contributed by atoms with Gasteiger partial charge in [-0.2, -0.15) is 0 Å². The summed E-state index contributed by atoms with van der Waals surface area (Å²) in [6, 6.07) is 0.275. The van der Waals surface area contributed by atoms with E-state index in [-0.39, 0.29) is 11.9 Å². The smallest absolute Gasteiger partial charge is 0.242 e. The Labute approximate surface area is 154 Å². The zero-order chi connectivity index (χ0) is 19.0. The molecule has 1 aliphatic rings. The molecule has 0 spiro atoms. The standard InChI is InChI=1S/C19H29N5O2/c1-11-8-14(9-20)10-24(11)16(25)7-6-15-12(2)17-18(21-13(15)3)23(4)22-19(17)26-5/h11,14H,6-10,20H2,1-5H3. The lowest BCUT2D eigenvalue weighted by Gasteiger charge is -2.22. The normalized spacial score (nSPS) is 20.2. The summed E-state index contributed by atoms with van der Waals surface area (Å²) in [7, 11) is 3.48. The van der Waals surface area contributed by atoms with E-state index in [0.29, 0.717) is 31.2 Å². The molecule has 1 amide bonds. The number of fused-ring (bicyclic) bond motifs is 1. The lowest BCUT2D eigenvalue weighted by Crippen LogP contribution is -2.34. The van der Waals surface area contributed by atoms with Crippen LogP contribution in [0.4, 0.5) is 0 Å². The van der Waals surface area contributed by atoms with E-state index in [4.69, 9.17) is 15.5 Å². The summed E-state index contributed by atoms with van der Waals surface area (Å²) in [4.78, 5) is 19.4. The molecule has 1 fully saturated rings. The van der Waals surface area contributed by atoms with Crippen LogP contribution in [0, 0.1) is 19.8 Å². The van der Waals surface area contributed by atoms with Crippen LogP contribution in [0.25, 0.3) is 11.0 Å². The fourth-order valence-corrected chi connectivity index (χ4v) is 4.14. The number of pyridine rings is 1. The zero-order valence-electron chi connectivity index (χ0n) is 16.4. The monoisotopic (exact) mass is 359 g/mol. The van der Waals surface area contributed by atoms with Crippen LogP contribution < -0.4 is 10.5 Å². The largest absolute Gasteiger partial charge is 0.479 e. The molecule has 0 bridgehead atoms. The van der Waals surface area contributed by atoms with Gasteiger partial charge in [0, 0.05) is 31.7 Å². The average molecular weight is 359 g/mol. The molecule has 0 saturated carbocycles. The fourth-order valence-electron chi connectivity index (χ4n) is 4.14. The van der Waals surface area contributed by atoms with Gasteiger partial charge in [0.15, 0.2) is 5.65 Å². The third-order valence-electron chi connectivity index (χ3n) is 5.62. The first kappa shape index (κ1) is 18.6. The van der Waals surface area contributed by atoms with Crippen LogP contribution in [0.3, 0.4) is 0 Å². The first-order valence-electron chi connectivity index (χ1n) is 9.23. The maximum atomic E-state index is 12.7. The summed E-state index contributed by atoms with van der Waals surface area (Å²) < 4.78 is 7.15. The van der Waals surface area contributed by atoms with Crippen molar-refractivity contribution >= 4 is 16.9 Å². The van der Waals surface area contributed by atoms with Gasteiger partial charge < -0.3 is 15.4 Å². The topological polar surface area (TPSA) is 86.3 Å². The van der Waals surface area contributed by atoms with Gasteiger partial charge >= 0.3 is 0 Å². The van der Waals surface area contributed by atoms with Gasteiger partial charge in [0.25, 0.3) is 0 Å². The summed E-state index contributed by atoms with van der Waals surface area (Å²) in [6.07, 6.45) is 2.16. The van der Waals surface area contributed by atoms with Crippen molar-refractivity contribution in [3.05, 3.63) is 16.8 Å². The van der Waals surface area contributed by atoms with E-state index in [1.54, 1.807) is 11.8 Å². The number of carbonyl (C=O) groups excluding carboxylic acids is 1. The van der Waals surface area contributed by atoms with E-state index in [9.17, 15) is 4.79 Å². The van der Waals surface area contributed by atoms with E-state index >= 15 is 0 Å². The number of hydrogen-bond acceptors (Lipinski definition) is 5. The quantitative estimate of drug-likeness (QED) is 0.878. The van der Waals surface area contributed by atoms with Crippen LogP contribution in [0.2, 0.25) is 0 Å². The van der Waals surface area contributed by atoms with E-state index < -0.39 is 0 Å². The number of methoxy groups -OCH3 is 1. The molecule has 26 heavy (non-hydrogen) atoms. The minimum absolute atomic E-state index is 0.200. The van der Waals surface area contributed by atoms with Crippen LogP contribution in [-0.4, -0.2) is 51.8 Å². The van der Waals surface area contributed by atoms with Crippen molar-refractivity contribution < 1.29 is 9.53 Å². The highest BCUT2D eigenvalue weighted by Gasteiger charge is 2.31. The maximum absolute atomic E-state index is 12.7. The second kappa shape index (κ2) is 7.23. The maximum Gasteiger partial charge on any atom is 0.242 e. The lowest BCUT2D eigenvalue weighted by molar-refractivity contribution is -0.131. The first-order chi connectivity index (χ1) is 12.4. The van der Waals surface area contributed by atoms with Crippen LogP contribution >= 0.6 is 0 Å². The van der Waals surface area contributed by atoms with E-state index in [1.807, 2.05) is 18.9 Å². The number of carbonyl (C=O) groups is 1. The minimum Gasteiger partial charge on any atom is -0.479 e. The molecule has 7 heteroatoms. The molecule has 3 rings (SSSR count). The predicted molar refractivity (Wildman–Crippen MR) is 101 cm³/mol. The number of likely N-dealkylation sites (tertiary alicyclic amines) is 1. The highest BCUT2D eigenvalue weighted by molar-refractivity contribution is 5.86. The molecule has 2 aromatic heterocycles. The van der Waals surface area contributed by atoms with Crippen LogP contribution in [0.15, 0.2) is 0 Å². The van der Waals surface area contributed by atoms with E-state index in [2.05, 4.69) is 18.9 Å². The van der Waals surface area contributed by atoms with Crippen molar-refractivity contribution in [1.82, 2.24) is 19.7 Å². The Balaban J connectivity index is 1.82. The summed E-state index contributed by atoms with van der Waals surface area (Å²) in [5.74, 6) is 1.21. The van der Waals surface area contributed by atoms with Crippen molar-refractivity contribution in [2.75, 3.05) is 20.2 Å². The number of rotatable bonds is 5. The Morgan fingerprint density at radius 3 is 2.73 bits per heavy atom. The Kier molecular flexibility index (Phi) is 5.18. The van der Waals surface area contributed by atoms with Gasteiger partial charge in [-0.3, -0.25) is 4.79 Å². The molecule has 142 valence electrons. The molecule has 0 aromatic carbocycles. The number of ether oxygens (including phenoxy) is 1. The zero-order valence-corrected chi connectivity index (χ0v) is 16.4. The Morgan fingerprint density at radius 1 is 1.38 bits per heavy atom. The summed E-state index contributed by atoms with van der Waals surface area (Å²) >= 11 is 0. The van der Waals surface area contributed by atoms with Gasteiger partial charge in [-0.25, -0.2) is 9.67 Å². The highest BCUT2D eigenvalue weighted by Crippen LogP contribution is 2.31. The lowest BCUT2D eigenvalue weighted by atomic mass is 10.00. The number of amides is 1. The molecule has 1 saturated heterocycles.